The molecular formula is C17H25NO3S. The van der Waals surface area contributed by atoms with Gasteiger partial charge in [-0.25, -0.2) is 5.48 Å². The molecule has 0 spiro atoms. The van der Waals surface area contributed by atoms with E-state index < -0.39 is 17.6 Å². The molecular weight excluding hydrogens is 298 g/mol. The molecule has 0 aliphatic rings. The van der Waals surface area contributed by atoms with Gasteiger partial charge in [-0.3, -0.25) is 9.63 Å². The highest BCUT2D eigenvalue weighted by atomic mass is 32.2. The highest BCUT2D eigenvalue weighted by Gasteiger charge is 2.26. The molecule has 1 aromatic carbocycles. The van der Waals surface area contributed by atoms with E-state index in [-0.39, 0.29) is 5.91 Å². The third-order valence-corrected chi connectivity index (χ3v) is 3.93. The summed E-state index contributed by atoms with van der Waals surface area (Å²) in [6.07, 6.45) is 1.03. The molecule has 0 bridgehead atoms. The molecule has 5 heteroatoms. The monoisotopic (exact) mass is 323 g/mol. The van der Waals surface area contributed by atoms with E-state index in [1.807, 2.05) is 51.1 Å². The highest BCUT2D eigenvalue weighted by molar-refractivity contribution is 7.99. The minimum absolute atomic E-state index is 0.323. The average molecular weight is 323 g/mol. The number of rotatable bonds is 8. The first-order valence-electron chi connectivity index (χ1n) is 7.30. The van der Waals surface area contributed by atoms with Crippen LogP contribution in [0.15, 0.2) is 47.9 Å². The Bertz CT molecular complexity index is 471. The fourth-order valence-corrected chi connectivity index (χ4v) is 2.68. The Morgan fingerprint density at radius 1 is 1.41 bits per heavy atom. The first-order chi connectivity index (χ1) is 10.3. The first-order valence-corrected chi connectivity index (χ1v) is 8.28. The van der Waals surface area contributed by atoms with Crippen LogP contribution < -0.4 is 5.48 Å². The standard InChI is InChI=1S/C17H25NO3S/c1-5-15(19)14(16(20)18-21-17(2,3)4)11-12-22-13-9-7-6-8-10-13/h5-10,14-15,19H,1,11-12H2,2-4H3,(H,18,20)/t14-,15-/m0/s1. The lowest BCUT2D eigenvalue weighted by Crippen LogP contribution is -2.41. The summed E-state index contributed by atoms with van der Waals surface area (Å²) in [6, 6.07) is 9.95. The van der Waals surface area contributed by atoms with Gasteiger partial charge in [-0.2, -0.15) is 0 Å². The summed E-state index contributed by atoms with van der Waals surface area (Å²) in [5.41, 5.74) is 1.96. The maximum atomic E-state index is 12.2. The van der Waals surface area contributed by atoms with E-state index in [2.05, 4.69) is 12.1 Å². The first kappa shape index (κ1) is 18.7. The Hall–Kier alpha value is -1.30. The highest BCUT2D eigenvalue weighted by Crippen LogP contribution is 2.22. The maximum absolute atomic E-state index is 12.2. The molecule has 0 heterocycles. The van der Waals surface area contributed by atoms with Gasteiger partial charge in [-0.15, -0.1) is 18.3 Å². The van der Waals surface area contributed by atoms with E-state index in [1.54, 1.807) is 11.8 Å². The number of nitrogens with one attached hydrogen (secondary N) is 1. The molecule has 0 unspecified atom stereocenters. The number of hydroxylamine groups is 1. The van der Waals surface area contributed by atoms with E-state index in [9.17, 15) is 9.90 Å². The summed E-state index contributed by atoms with van der Waals surface area (Å²) in [4.78, 5) is 18.6. The minimum atomic E-state index is -0.889. The van der Waals surface area contributed by atoms with Crippen molar-refractivity contribution in [3.05, 3.63) is 43.0 Å². The molecule has 1 amide bonds. The molecule has 122 valence electrons. The van der Waals surface area contributed by atoms with E-state index >= 15 is 0 Å². The van der Waals surface area contributed by atoms with E-state index in [0.29, 0.717) is 6.42 Å². The second-order valence-electron chi connectivity index (χ2n) is 5.96. The van der Waals surface area contributed by atoms with E-state index in [0.717, 1.165) is 10.6 Å². The minimum Gasteiger partial charge on any atom is -0.388 e. The van der Waals surface area contributed by atoms with Gasteiger partial charge in [0.25, 0.3) is 0 Å². The van der Waals surface area contributed by atoms with Crippen molar-refractivity contribution >= 4 is 17.7 Å². The van der Waals surface area contributed by atoms with Crippen LogP contribution in [0.4, 0.5) is 0 Å². The third kappa shape index (κ3) is 7.11. The normalized spacial score (nSPS) is 14.2. The van der Waals surface area contributed by atoms with Gasteiger partial charge < -0.3 is 5.11 Å². The van der Waals surface area contributed by atoms with Crippen molar-refractivity contribution < 1.29 is 14.7 Å². The van der Waals surface area contributed by atoms with E-state index in [1.165, 1.54) is 6.08 Å². The molecule has 0 aliphatic carbocycles. The van der Waals surface area contributed by atoms with Crippen LogP contribution >= 0.6 is 11.8 Å². The maximum Gasteiger partial charge on any atom is 0.249 e. The number of benzene rings is 1. The molecule has 1 rings (SSSR count). The lowest BCUT2D eigenvalue weighted by Gasteiger charge is -2.23. The largest absolute Gasteiger partial charge is 0.388 e. The number of aliphatic hydroxyl groups is 1. The number of hydrogen-bond acceptors (Lipinski definition) is 4. The lowest BCUT2D eigenvalue weighted by molar-refractivity contribution is -0.152. The Balaban J connectivity index is 2.53. The van der Waals surface area contributed by atoms with Gasteiger partial charge in [-0.05, 0) is 45.1 Å². The number of hydrogen-bond donors (Lipinski definition) is 2. The summed E-state index contributed by atoms with van der Waals surface area (Å²) < 4.78 is 0. The van der Waals surface area contributed by atoms with Gasteiger partial charge in [0.2, 0.25) is 5.91 Å². The Morgan fingerprint density at radius 2 is 2.05 bits per heavy atom. The summed E-state index contributed by atoms with van der Waals surface area (Å²) in [5, 5.41) is 9.97. The second-order valence-corrected chi connectivity index (χ2v) is 7.13. The molecule has 0 radical (unpaired) electrons. The van der Waals surface area contributed by atoms with Crippen LogP contribution in [0.1, 0.15) is 27.2 Å². The molecule has 2 atom stereocenters. The molecule has 22 heavy (non-hydrogen) atoms. The molecule has 0 aliphatic heterocycles. The average Bonchev–Trinajstić information content (AvgIpc) is 2.49. The summed E-state index contributed by atoms with van der Waals surface area (Å²) in [6.45, 7) is 9.10. The van der Waals surface area contributed by atoms with Gasteiger partial charge in [0.15, 0.2) is 0 Å². The number of carbonyl (C=O) groups excluding carboxylic acids is 1. The van der Waals surface area contributed by atoms with Crippen LogP contribution in [0.5, 0.6) is 0 Å². The fourth-order valence-electron chi connectivity index (χ4n) is 1.72. The van der Waals surface area contributed by atoms with Crippen molar-refractivity contribution in [3.63, 3.8) is 0 Å². The predicted molar refractivity (Wildman–Crippen MR) is 90.5 cm³/mol. The molecule has 4 nitrogen and oxygen atoms in total. The SMILES string of the molecule is C=C[C@H](O)[C@H](CCSc1ccccc1)C(=O)NOC(C)(C)C. The molecule has 0 fully saturated rings. The number of aliphatic hydroxyl groups excluding tert-OH is 1. The zero-order valence-corrected chi connectivity index (χ0v) is 14.2. The third-order valence-electron chi connectivity index (χ3n) is 2.89. The van der Waals surface area contributed by atoms with Crippen molar-refractivity contribution in [2.24, 2.45) is 5.92 Å². The Morgan fingerprint density at radius 3 is 2.59 bits per heavy atom. The van der Waals surface area contributed by atoms with Crippen LogP contribution in [0, 0.1) is 5.92 Å². The van der Waals surface area contributed by atoms with Crippen LogP contribution in [-0.2, 0) is 9.63 Å². The fraction of sp³-hybridized carbons (Fsp3) is 0.471. The smallest absolute Gasteiger partial charge is 0.249 e. The number of thioether (sulfide) groups is 1. The van der Waals surface area contributed by atoms with Crippen molar-refractivity contribution in [3.8, 4) is 0 Å². The van der Waals surface area contributed by atoms with Gasteiger partial charge in [0, 0.05) is 4.90 Å². The predicted octanol–water partition coefficient (Wildman–Crippen LogP) is 3.18. The van der Waals surface area contributed by atoms with E-state index in [4.69, 9.17) is 4.84 Å². The van der Waals surface area contributed by atoms with Crippen molar-refractivity contribution in [1.29, 1.82) is 0 Å². The van der Waals surface area contributed by atoms with Gasteiger partial charge in [-0.1, -0.05) is 24.3 Å². The van der Waals surface area contributed by atoms with Gasteiger partial charge in [0.05, 0.1) is 17.6 Å². The zero-order valence-electron chi connectivity index (χ0n) is 13.4. The molecule has 2 N–H and O–H groups in total. The second kappa shape index (κ2) is 8.98. The molecule has 0 aromatic heterocycles. The van der Waals surface area contributed by atoms with Crippen LogP contribution in [0.2, 0.25) is 0 Å². The molecule has 0 saturated heterocycles. The lowest BCUT2D eigenvalue weighted by atomic mass is 9.99. The number of amides is 1. The van der Waals surface area contributed by atoms with Gasteiger partial charge >= 0.3 is 0 Å². The van der Waals surface area contributed by atoms with Crippen LogP contribution in [0.3, 0.4) is 0 Å². The summed E-state index contributed by atoms with van der Waals surface area (Å²) in [5.74, 6) is -0.172. The Kier molecular flexibility index (Phi) is 7.65. The molecule has 1 aromatic rings. The van der Waals surface area contributed by atoms with Crippen LogP contribution in [0.25, 0.3) is 0 Å². The number of carbonyl (C=O) groups is 1. The zero-order chi connectivity index (χ0) is 16.6. The Labute approximate surface area is 136 Å². The topological polar surface area (TPSA) is 58.6 Å². The van der Waals surface area contributed by atoms with Crippen molar-refractivity contribution in [2.75, 3.05) is 5.75 Å². The summed E-state index contributed by atoms with van der Waals surface area (Å²) >= 11 is 1.65. The summed E-state index contributed by atoms with van der Waals surface area (Å²) in [7, 11) is 0. The van der Waals surface area contributed by atoms with Crippen LogP contribution in [-0.4, -0.2) is 28.5 Å². The van der Waals surface area contributed by atoms with Gasteiger partial charge in [0.1, 0.15) is 0 Å². The quantitative estimate of drug-likeness (QED) is 0.438. The molecule has 0 saturated carbocycles. The van der Waals surface area contributed by atoms with Crippen molar-refractivity contribution in [2.45, 2.75) is 43.8 Å². The van der Waals surface area contributed by atoms with Crippen molar-refractivity contribution in [1.82, 2.24) is 5.48 Å².